The van der Waals surface area contributed by atoms with Crippen LogP contribution in [0.5, 0.6) is 5.75 Å². The van der Waals surface area contributed by atoms with Crippen LogP contribution in [0.3, 0.4) is 0 Å². The van der Waals surface area contributed by atoms with Gasteiger partial charge in [0.1, 0.15) is 11.6 Å². The third-order valence-corrected chi connectivity index (χ3v) is 3.09. The lowest BCUT2D eigenvalue weighted by Crippen LogP contribution is -2.30. The molecule has 2 aromatic carbocycles. The van der Waals surface area contributed by atoms with Crippen LogP contribution in [-0.4, -0.2) is 18.7 Å². The molecule has 122 valence electrons. The maximum atomic E-state index is 13.1. The largest absolute Gasteiger partial charge is 0.489 e. The number of amides is 2. The van der Waals surface area contributed by atoms with Crippen molar-refractivity contribution in [1.82, 2.24) is 5.32 Å². The van der Waals surface area contributed by atoms with Crippen LogP contribution in [0.15, 0.2) is 48.5 Å². The first-order chi connectivity index (χ1) is 11.0. The lowest BCUT2D eigenvalue weighted by Gasteiger charge is -2.15. The second-order valence-electron chi connectivity index (χ2n) is 5.42. The van der Waals surface area contributed by atoms with E-state index in [1.165, 1.54) is 12.1 Å². The van der Waals surface area contributed by atoms with Gasteiger partial charge in [-0.2, -0.15) is 0 Å². The monoisotopic (exact) mass is 316 g/mol. The molecule has 2 amide bonds. The molecule has 0 heterocycles. The summed E-state index contributed by atoms with van der Waals surface area (Å²) in [5, 5.41) is 5.52. The highest BCUT2D eigenvalue weighted by Gasteiger charge is 2.08. The predicted octanol–water partition coefficient (Wildman–Crippen LogP) is 3.98. The third-order valence-electron chi connectivity index (χ3n) is 3.09. The molecule has 0 saturated heterocycles. The Kier molecular flexibility index (Phi) is 5.97. The minimum absolute atomic E-state index is 0.0222. The fraction of sp³-hybridized carbons (Fsp3) is 0.278. The molecular formula is C18H21FN2O2. The Morgan fingerprint density at radius 3 is 2.70 bits per heavy atom. The summed E-state index contributed by atoms with van der Waals surface area (Å²) in [4.78, 5) is 12.0. The van der Waals surface area contributed by atoms with E-state index < -0.39 is 0 Å². The summed E-state index contributed by atoms with van der Waals surface area (Å²) >= 11 is 0. The molecule has 0 radical (unpaired) electrons. The zero-order valence-corrected chi connectivity index (χ0v) is 13.3. The fourth-order valence-corrected chi connectivity index (χ4v) is 2.11. The number of rotatable bonds is 6. The number of carbonyl (C=O) groups excluding carboxylic acids is 1. The first-order valence-electron chi connectivity index (χ1n) is 7.59. The van der Waals surface area contributed by atoms with Crippen LogP contribution in [0.4, 0.5) is 14.9 Å². The van der Waals surface area contributed by atoms with Crippen molar-refractivity contribution >= 4 is 11.7 Å². The van der Waals surface area contributed by atoms with Crippen LogP contribution >= 0.6 is 0 Å². The maximum absolute atomic E-state index is 13.1. The Balaban J connectivity index is 1.85. The summed E-state index contributed by atoms with van der Waals surface area (Å²) in [6.45, 7) is 4.27. The van der Waals surface area contributed by atoms with Crippen molar-refractivity contribution in [3.63, 3.8) is 0 Å². The van der Waals surface area contributed by atoms with Gasteiger partial charge < -0.3 is 15.4 Å². The van der Waals surface area contributed by atoms with Gasteiger partial charge in [-0.25, -0.2) is 9.18 Å². The molecule has 0 spiro atoms. The second kappa shape index (κ2) is 8.17. The molecule has 5 heteroatoms. The van der Waals surface area contributed by atoms with Gasteiger partial charge in [-0.1, -0.05) is 24.3 Å². The number of para-hydroxylation sites is 2. The van der Waals surface area contributed by atoms with Crippen LogP contribution in [0.25, 0.3) is 0 Å². The molecule has 0 aliphatic rings. The number of benzene rings is 2. The van der Waals surface area contributed by atoms with Crippen LogP contribution in [-0.2, 0) is 6.42 Å². The van der Waals surface area contributed by atoms with E-state index in [2.05, 4.69) is 10.6 Å². The van der Waals surface area contributed by atoms with Crippen LogP contribution in [0.2, 0.25) is 0 Å². The molecule has 0 atom stereocenters. The highest BCUT2D eigenvalue weighted by Crippen LogP contribution is 2.24. The Morgan fingerprint density at radius 1 is 1.17 bits per heavy atom. The van der Waals surface area contributed by atoms with Gasteiger partial charge >= 0.3 is 6.03 Å². The summed E-state index contributed by atoms with van der Waals surface area (Å²) in [6.07, 6.45) is 0.587. The first kappa shape index (κ1) is 16.8. The van der Waals surface area contributed by atoms with E-state index in [1.807, 2.05) is 38.1 Å². The molecule has 0 aliphatic heterocycles. The molecule has 0 unspecified atom stereocenters. The minimum atomic E-state index is -0.318. The topological polar surface area (TPSA) is 50.4 Å². The van der Waals surface area contributed by atoms with Gasteiger partial charge in [-0.3, -0.25) is 0 Å². The Morgan fingerprint density at radius 2 is 1.96 bits per heavy atom. The summed E-state index contributed by atoms with van der Waals surface area (Å²) < 4.78 is 18.7. The lowest BCUT2D eigenvalue weighted by atomic mass is 10.1. The average Bonchev–Trinajstić information content (AvgIpc) is 2.49. The van der Waals surface area contributed by atoms with Gasteiger partial charge in [0.2, 0.25) is 0 Å². The lowest BCUT2D eigenvalue weighted by molar-refractivity contribution is 0.241. The molecule has 0 aliphatic carbocycles. The van der Waals surface area contributed by atoms with E-state index in [9.17, 15) is 9.18 Å². The molecule has 0 aromatic heterocycles. The minimum Gasteiger partial charge on any atom is -0.489 e. The van der Waals surface area contributed by atoms with E-state index in [0.29, 0.717) is 24.4 Å². The van der Waals surface area contributed by atoms with Crippen molar-refractivity contribution in [2.24, 2.45) is 0 Å². The van der Waals surface area contributed by atoms with E-state index in [1.54, 1.807) is 12.1 Å². The zero-order valence-electron chi connectivity index (χ0n) is 13.3. The number of carbonyl (C=O) groups is 1. The van der Waals surface area contributed by atoms with Crippen LogP contribution in [0, 0.1) is 5.82 Å². The van der Waals surface area contributed by atoms with Crippen LogP contribution < -0.4 is 15.4 Å². The number of anilines is 1. The molecule has 4 nitrogen and oxygen atoms in total. The van der Waals surface area contributed by atoms with Crippen LogP contribution in [0.1, 0.15) is 19.4 Å². The van der Waals surface area contributed by atoms with Crippen molar-refractivity contribution in [3.05, 3.63) is 59.9 Å². The summed E-state index contributed by atoms with van der Waals surface area (Å²) in [7, 11) is 0. The van der Waals surface area contributed by atoms with Gasteiger partial charge in [0.05, 0.1) is 11.8 Å². The van der Waals surface area contributed by atoms with E-state index in [4.69, 9.17) is 4.74 Å². The smallest absolute Gasteiger partial charge is 0.319 e. The van der Waals surface area contributed by atoms with Gasteiger partial charge in [-0.05, 0) is 50.1 Å². The molecule has 0 bridgehead atoms. The fourth-order valence-electron chi connectivity index (χ4n) is 2.11. The molecule has 0 saturated carbocycles. The molecule has 2 N–H and O–H groups in total. The molecule has 0 fully saturated rings. The Bertz CT molecular complexity index is 659. The SMILES string of the molecule is CC(C)Oc1ccccc1NC(=O)NCCc1cccc(F)c1. The first-order valence-corrected chi connectivity index (χ1v) is 7.59. The van der Waals surface area contributed by atoms with Crippen molar-refractivity contribution in [2.75, 3.05) is 11.9 Å². The molecule has 2 aromatic rings. The Labute approximate surface area is 135 Å². The van der Waals surface area contributed by atoms with E-state index in [0.717, 1.165) is 5.56 Å². The number of ether oxygens (including phenoxy) is 1. The third kappa shape index (κ3) is 5.62. The van der Waals surface area contributed by atoms with Crippen molar-refractivity contribution < 1.29 is 13.9 Å². The average molecular weight is 316 g/mol. The molecule has 2 rings (SSSR count). The highest BCUT2D eigenvalue weighted by molar-refractivity contribution is 5.90. The normalized spacial score (nSPS) is 10.4. The summed E-state index contributed by atoms with van der Waals surface area (Å²) in [5.74, 6) is 0.356. The second-order valence-corrected chi connectivity index (χ2v) is 5.42. The van der Waals surface area contributed by atoms with Crippen molar-refractivity contribution in [2.45, 2.75) is 26.4 Å². The number of hydrogen-bond donors (Lipinski definition) is 2. The highest BCUT2D eigenvalue weighted by atomic mass is 19.1. The Hall–Kier alpha value is -2.56. The maximum Gasteiger partial charge on any atom is 0.319 e. The molecular weight excluding hydrogens is 295 g/mol. The zero-order chi connectivity index (χ0) is 16.7. The van der Waals surface area contributed by atoms with Crippen molar-refractivity contribution in [3.8, 4) is 5.75 Å². The van der Waals surface area contributed by atoms with Gasteiger partial charge in [0.15, 0.2) is 0 Å². The number of hydrogen-bond acceptors (Lipinski definition) is 2. The number of urea groups is 1. The van der Waals surface area contributed by atoms with Crippen molar-refractivity contribution in [1.29, 1.82) is 0 Å². The molecule has 23 heavy (non-hydrogen) atoms. The predicted molar refractivity (Wildman–Crippen MR) is 89.3 cm³/mol. The number of nitrogens with one attached hydrogen (secondary N) is 2. The van der Waals surface area contributed by atoms with Gasteiger partial charge in [-0.15, -0.1) is 0 Å². The number of halogens is 1. The van der Waals surface area contributed by atoms with Gasteiger partial charge in [0, 0.05) is 6.54 Å². The van der Waals surface area contributed by atoms with E-state index in [-0.39, 0.29) is 18.0 Å². The quantitative estimate of drug-likeness (QED) is 0.847. The van der Waals surface area contributed by atoms with E-state index >= 15 is 0 Å². The standard InChI is InChI=1S/C18H21FN2O2/c1-13(2)23-17-9-4-3-8-16(17)21-18(22)20-11-10-14-6-5-7-15(19)12-14/h3-9,12-13H,10-11H2,1-2H3,(H2,20,21,22). The summed E-state index contributed by atoms with van der Waals surface area (Å²) in [6, 6.07) is 13.3. The summed E-state index contributed by atoms with van der Waals surface area (Å²) in [5.41, 5.74) is 1.46. The van der Waals surface area contributed by atoms with Gasteiger partial charge in [0.25, 0.3) is 0 Å².